The molecular formula is C18H20NO4S-. The number of aliphatic carboxylic acids is 1. The molecule has 0 fully saturated rings. The zero-order chi connectivity index (χ0) is 17.9. The predicted molar refractivity (Wildman–Crippen MR) is 89.8 cm³/mol. The van der Waals surface area contributed by atoms with E-state index in [0.717, 1.165) is 11.1 Å². The second-order valence-electron chi connectivity index (χ2n) is 5.86. The van der Waals surface area contributed by atoms with E-state index >= 15 is 0 Å². The van der Waals surface area contributed by atoms with Crippen LogP contribution in [0.3, 0.4) is 0 Å². The third kappa shape index (κ3) is 4.21. The van der Waals surface area contributed by atoms with Crippen LogP contribution < -0.4 is 9.83 Å². The molecule has 2 aromatic carbocycles. The van der Waals surface area contributed by atoms with Gasteiger partial charge in [-0.2, -0.15) is 0 Å². The molecule has 0 aliphatic rings. The number of hydrogen-bond donors (Lipinski definition) is 1. The fourth-order valence-corrected chi connectivity index (χ4v) is 4.09. The Morgan fingerprint density at radius 3 is 2.21 bits per heavy atom. The summed E-state index contributed by atoms with van der Waals surface area (Å²) in [4.78, 5) is 11.2. The molecule has 0 saturated heterocycles. The molecule has 0 spiro atoms. The fraction of sp³-hybridized carbons (Fsp3) is 0.278. The first-order valence-electron chi connectivity index (χ1n) is 7.55. The lowest BCUT2D eigenvalue weighted by atomic mass is 10.1. The number of hydrogen-bond acceptors (Lipinski definition) is 4. The average Bonchev–Trinajstić information content (AvgIpc) is 2.50. The van der Waals surface area contributed by atoms with Gasteiger partial charge in [0.05, 0.1) is 10.9 Å². The Balaban J connectivity index is 2.41. The molecule has 1 N–H and O–H groups in total. The minimum absolute atomic E-state index is 0.157. The summed E-state index contributed by atoms with van der Waals surface area (Å²) in [5.74, 6) is -1.32. The van der Waals surface area contributed by atoms with Crippen molar-refractivity contribution in [3.63, 3.8) is 0 Å². The van der Waals surface area contributed by atoms with E-state index in [4.69, 9.17) is 0 Å². The molecule has 0 unspecified atom stereocenters. The van der Waals surface area contributed by atoms with E-state index in [-0.39, 0.29) is 4.90 Å². The number of sulfonamides is 1. The van der Waals surface area contributed by atoms with E-state index in [1.165, 1.54) is 0 Å². The second kappa shape index (κ2) is 7.15. The van der Waals surface area contributed by atoms with Gasteiger partial charge in [-0.3, -0.25) is 0 Å². The van der Waals surface area contributed by atoms with Crippen LogP contribution in [0.2, 0.25) is 0 Å². The summed E-state index contributed by atoms with van der Waals surface area (Å²) in [5.41, 5.74) is 3.05. The van der Waals surface area contributed by atoms with Crippen molar-refractivity contribution in [1.82, 2.24) is 4.72 Å². The lowest BCUT2D eigenvalue weighted by Gasteiger charge is -2.21. The van der Waals surface area contributed by atoms with Crippen molar-refractivity contribution in [2.75, 3.05) is 0 Å². The lowest BCUT2D eigenvalue weighted by Crippen LogP contribution is -2.34. The van der Waals surface area contributed by atoms with E-state index in [1.807, 2.05) is 13.8 Å². The maximum atomic E-state index is 12.8. The van der Waals surface area contributed by atoms with Crippen molar-refractivity contribution in [2.24, 2.45) is 0 Å². The van der Waals surface area contributed by atoms with E-state index in [9.17, 15) is 18.3 Å². The third-order valence-electron chi connectivity index (χ3n) is 3.95. The first kappa shape index (κ1) is 18.2. The van der Waals surface area contributed by atoms with Gasteiger partial charge in [-0.25, -0.2) is 13.1 Å². The SMILES string of the molecule is Cc1cc(C)c(S(=O)(=O)N[C@H](CC(=O)[O-])c2ccccc2)cc1C. The molecule has 2 rings (SSSR count). The summed E-state index contributed by atoms with van der Waals surface area (Å²) >= 11 is 0. The number of aryl methyl sites for hydroxylation is 3. The van der Waals surface area contributed by atoms with Crippen LogP contribution in [0.4, 0.5) is 0 Å². The highest BCUT2D eigenvalue weighted by atomic mass is 32.2. The molecule has 0 aromatic heterocycles. The normalized spacial score (nSPS) is 12.8. The zero-order valence-electron chi connectivity index (χ0n) is 13.9. The number of nitrogens with one attached hydrogen (secondary N) is 1. The Labute approximate surface area is 142 Å². The molecule has 128 valence electrons. The molecular weight excluding hydrogens is 326 g/mol. The van der Waals surface area contributed by atoms with Gasteiger partial charge in [0.25, 0.3) is 0 Å². The third-order valence-corrected chi connectivity index (χ3v) is 5.56. The Hall–Kier alpha value is -2.18. The minimum atomic E-state index is -3.86. The maximum Gasteiger partial charge on any atom is 0.241 e. The first-order chi connectivity index (χ1) is 11.2. The number of carbonyl (C=O) groups is 1. The number of rotatable bonds is 6. The summed E-state index contributed by atoms with van der Waals surface area (Å²) < 4.78 is 28.0. The molecule has 0 amide bonds. The van der Waals surface area contributed by atoms with Crippen LogP contribution in [0.25, 0.3) is 0 Å². The standard InChI is InChI=1S/C18H21NO4S/c1-12-9-14(3)17(10-13(12)2)24(22,23)19-16(11-18(20)21)15-7-5-4-6-8-15/h4-10,16,19H,11H2,1-3H3,(H,20,21)/p-1/t16-/m1/s1. The van der Waals surface area contributed by atoms with Crippen molar-refractivity contribution in [1.29, 1.82) is 0 Å². The highest BCUT2D eigenvalue weighted by Gasteiger charge is 2.23. The van der Waals surface area contributed by atoms with Gasteiger partial charge in [-0.1, -0.05) is 36.4 Å². The molecule has 5 nitrogen and oxygen atoms in total. The van der Waals surface area contributed by atoms with Crippen molar-refractivity contribution in [3.05, 3.63) is 64.7 Å². The quantitative estimate of drug-likeness (QED) is 0.864. The highest BCUT2D eigenvalue weighted by Crippen LogP contribution is 2.24. The largest absolute Gasteiger partial charge is 0.550 e. The van der Waals surface area contributed by atoms with Crippen molar-refractivity contribution >= 4 is 16.0 Å². The lowest BCUT2D eigenvalue weighted by molar-refractivity contribution is -0.306. The van der Waals surface area contributed by atoms with Gasteiger partial charge >= 0.3 is 0 Å². The van der Waals surface area contributed by atoms with Crippen LogP contribution in [-0.2, 0) is 14.8 Å². The number of carboxylic acids is 1. The topological polar surface area (TPSA) is 86.3 Å². The van der Waals surface area contributed by atoms with Crippen LogP contribution in [0.15, 0.2) is 47.4 Å². The number of carbonyl (C=O) groups excluding carboxylic acids is 1. The molecule has 1 atom stereocenters. The molecule has 0 saturated carbocycles. The van der Waals surface area contributed by atoms with Crippen molar-refractivity contribution in [2.45, 2.75) is 38.1 Å². The monoisotopic (exact) mass is 346 g/mol. The molecule has 6 heteroatoms. The molecule has 0 radical (unpaired) electrons. The van der Waals surface area contributed by atoms with Gasteiger partial charge in [-0.05, 0) is 49.1 Å². The first-order valence-corrected chi connectivity index (χ1v) is 9.04. The molecule has 2 aromatic rings. The molecule has 0 aliphatic carbocycles. The van der Waals surface area contributed by atoms with Gasteiger partial charge in [0.2, 0.25) is 10.0 Å². The predicted octanol–water partition coefficient (Wildman–Crippen LogP) is 1.77. The maximum absolute atomic E-state index is 12.8. The Morgan fingerprint density at radius 2 is 1.62 bits per heavy atom. The summed E-state index contributed by atoms with van der Waals surface area (Å²) in [7, 11) is -3.86. The molecule has 0 bridgehead atoms. The van der Waals surface area contributed by atoms with E-state index in [0.29, 0.717) is 11.1 Å². The number of benzene rings is 2. The Kier molecular flexibility index (Phi) is 5.41. The van der Waals surface area contributed by atoms with Gasteiger partial charge in [0.1, 0.15) is 0 Å². The summed E-state index contributed by atoms with van der Waals surface area (Å²) in [6.45, 7) is 5.47. The molecule has 0 heterocycles. The summed E-state index contributed by atoms with van der Waals surface area (Å²) in [5, 5.41) is 11.0. The fourth-order valence-electron chi connectivity index (χ4n) is 2.55. The van der Waals surface area contributed by atoms with Crippen LogP contribution in [0.1, 0.15) is 34.7 Å². The van der Waals surface area contributed by atoms with Crippen molar-refractivity contribution < 1.29 is 18.3 Å². The van der Waals surface area contributed by atoms with Gasteiger partial charge in [-0.15, -0.1) is 0 Å². The Bertz CT molecular complexity index is 845. The number of carboxylic acid groups (broad SMARTS) is 1. The van der Waals surface area contributed by atoms with Crippen LogP contribution >= 0.6 is 0 Å². The van der Waals surface area contributed by atoms with E-state index in [1.54, 1.807) is 49.4 Å². The smallest absolute Gasteiger partial charge is 0.241 e. The van der Waals surface area contributed by atoms with Crippen LogP contribution in [-0.4, -0.2) is 14.4 Å². The van der Waals surface area contributed by atoms with Gasteiger partial charge < -0.3 is 9.90 Å². The van der Waals surface area contributed by atoms with Gasteiger partial charge in [0.15, 0.2) is 0 Å². The van der Waals surface area contributed by atoms with E-state index < -0.39 is 28.5 Å². The second-order valence-corrected chi connectivity index (χ2v) is 7.55. The minimum Gasteiger partial charge on any atom is -0.550 e. The van der Waals surface area contributed by atoms with Crippen LogP contribution in [0.5, 0.6) is 0 Å². The highest BCUT2D eigenvalue weighted by molar-refractivity contribution is 7.89. The molecule has 24 heavy (non-hydrogen) atoms. The van der Waals surface area contributed by atoms with Gasteiger partial charge in [0, 0.05) is 12.4 Å². The summed E-state index contributed by atoms with van der Waals surface area (Å²) in [6.07, 6.45) is -0.437. The average molecular weight is 346 g/mol. The van der Waals surface area contributed by atoms with Crippen LogP contribution in [0, 0.1) is 20.8 Å². The zero-order valence-corrected chi connectivity index (χ0v) is 14.7. The van der Waals surface area contributed by atoms with Crippen molar-refractivity contribution in [3.8, 4) is 0 Å². The van der Waals surface area contributed by atoms with E-state index in [2.05, 4.69) is 4.72 Å². The Morgan fingerprint density at radius 1 is 1.04 bits per heavy atom. The molecule has 0 aliphatic heterocycles. The summed E-state index contributed by atoms with van der Waals surface area (Å²) in [6, 6.07) is 11.1.